The number of ketones is 1. The summed E-state index contributed by atoms with van der Waals surface area (Å²) in [4.78, 5) is 27.9. The van der Waals surface area contributed by atoms with Crippen LogP contribution in [0, 0.1) is 0 Å². The molecule has 1 fully saturated rings. The summed E-state index contributed by atoms with van der Waals surface area (Å²) in [6.45, 7) is 0.393. The number of aromatic nitrogens is 1. The lowest BCUT2D eigenvalue weighted by Crippen LogP contribution is -2.30. The highest BCUT2D eigenvalue weighted by atomic mass is 32.1. The van der Waals surface area contributed by atoms with Crippen molar-refractivity contribution in [2.75, 3.05) is 0 Å². The lowest BCUT2D eigenvalue weighted by atomic mass is 9.96. The molecule has 0 saturated heterocycles. The molecule has 1 saturated carbocycles. The van der Waals surface area contributed by atoms with E-state index in [9.17, 15) is 9.59 Å². The minimum atomic E-state index is -0.586. The number of hydrogen-bond donors (Lipinski definition) is 0. The fourth-order valence-electron chi connectivity index (χ4n) is 2.43. The van der Waals surface area contributed by atoms with Crippen molar-refractivity contribution in [3.05, 3.63) is 46.4 Å². The SMILES string of the molecule is O=C(O[C@@H]1CCCCC1=O)c1ccc(OCc2cscn2)cc1. The molecule has 0 amide bonds. The molecule has 1 heterocycles. The van der Waals surface area contributed by atoms with E-state index >= 15 is 0 Å². The lowest BCUT2D eigenvalue weighted by Gasteiger charge is -2.20. The molecule has 0 radical (unpaired) electrons. The van der Waals surface area contributed by atoms with E-state index in [1.807, 2.05) is 5.38 Å². The molecule has 6 heteroatoms. The molecule has 0 spiro atoms. The van der Waals surface area contributed by atoms with Gasteiger partial charge in [-0.3, -0.25) is 4.79 Å². The second-order valence-corrected chi connectivity index (χ2v) is 6.12. The molecular formula is C17H17NO4S. The lowest BCUT2D eigenvalue weighted by molar-refractivity contribution is -0.129. The third-order valence-corrected chi connectivity index (χ3v) is 4.34. The van der Waals surface area contributed by atoms with Gasteiger partial charge >= 0.3 is 5.97 Å². The molecule has 23 heavy (non-hydrogen) atoms. The van der Waals surface area contributed by atoms with E-state index in [1.54, 1.807) is 29.8 Å². The number of nitrogens with zero attached hydrogens (tertiary/aromatic N) is 1. The molecule has 0 bridgehead atoms. The molecule has 0 aliphatic heterocycles. The number of Topliss-reactive ketones (excluding diaryl/α,β-unsaturated/α-hetero) is 1. The van der Waals surface area contributed by atoms with Gasteiger partial charge in [-0.25, -0.2) is 9.78 Å². The van der Waals surface area contributed by atoms with Crippen LogP contribution in [0.4, 0.5) is 0 Å². The van der Waals surface area contributed by atoms with E-state index in [4.69, 9.17) is 9.47 Å². The van der Waals surface area contributed by atoms with Crippen molar-refractivity contribution >= 4 is 23.1 Å². The largest absolute Gasteiger partial charge is 0.487 e. The molecule has 0 unspecified atom stereocenters. The Morgan fingerprint density at radius 3 is 2.78 bits per heavy atom. The quantitative estimate of drug-likeness (QED) is 0.786. The topological polar surface area (TPSA) is 65.5 Å². The fourth-order valence-corrected chi connectivity index (χ4v) is 2.97. The summed E-state index contributed by atoms with van der Waals surface area (Å²) >= 11 is 1.52. The van der Waals surface area contributed by atoms with E-state index in [0.29, 0.717) is 30.8 Å². The Hall–Kier alpha value is -2.21. The van der Waals surface area contributed by atoms with Crippen LogP contribution in [0.15, 0.2) is 35.2 Å². The van der Waals surface area contributed by atoms with Crippen molar-refractivity contribution < 1.29 is 19.1 Å². The number of rotatable bonds is 5. The van der Waals surface area contributed by atoms with Crippen molar-refractivity contribution in [2.45, 2.75) is 38.4 Å². The van der Waals surface area contributed by atoms with Crippen LogP contribution in [0.2, 0.25) is 0 Å². The summed E-state index contributed by atoms with van der Waals surface area (Å²) in [6, 6.07) is 6.72. The Morgan fingerprint density at radius 1 is 1.26 bits per heavy atom. The molecule has 1 aromatic carbocycles. The maximum absolute atomic E-state index is 12.1. The number of esters is 1. The maximum atomic E-state index is 12.1. The molecular weight excluding hydrogens is 314 g/mol. The van der Waals surface area contributed by atoms with Gasteiger partial charge < -0.3 is 9.47 Å². The van der Waals surface area contributed by atoms with Gasteiger partial charge in [-0.2, -0.15) is 0 Å². The number of thiazole rings is 1. The standard InChI is InChI=1S/C17H17NO4S/c19-15-3-1-2-4-16(15)22-17(20)12-5-7-14(8-6-12)21-9-13-10-23-11-18-13/h5-8,10-11,16H,1-4,9H2/t16-/m1/s1. The molecule has 1 aliphatic carbocycles. The highest BCUT2D eigenvalue weighted by Crippen LogP contribution is 2.20. The number of benzene rings is 1. The normalized spacial score (nSPS) is 17.7. The Balaban J connectivity index is 1.55. The predicted octanol–water partition coefficient (Wildman–Crippen LogP) is 3.39. The van der Waals surface area contributed by atoms with Crippen molar-refractivity contribution in [2.24, 2.45) is 0 Å². The minimum absolute atomic E-state index is 0.0211. The average Bonchev–Trinajstić information content (AvgIpc) is 3.09. The first-order chi connectivity index (χ1) is 11.2. The van der Waals surface area contributed by atoms with Gasteiger partial charge in [-0.05, 0) is 43.5 Å². The van der Waals surface area contributed by atoms with Crippen LogP contribution in [0.25, 0.3) is 0 Å². The highest BCUT2D eigenvalue weighted by Gasteiger charge is 2.26. The molecule has 120 valence electrons. The van der Waals surface area contributed by atoms with Crippen LogP contribution in [0.1, 0.15) is 41.7 Å². The third kappa shape index (κ3) is 4.16. The smallest absolute Gasteiger partial charge is 0.338 e. The fraction of sp³-hybridized carbons (Fsp3) is 0.353. The minimum Gasteiger partial charge on any atom is -0.487 e. The van der Waals surface area contributed by atoms with Gasteiger partial charge in [-0.15, -0.1) is 11.3 Å². The van der Waals surface area contributed by atoms with Gasteiger partial charge in [0.1, 0.15) is 12.4 Å². The zero-order chi connectivity index (χ0) is 16.1. The summed E-state index contributed by atoms with van der Waals surface area (Å²) in [5.41, 5.74) is 3.04. The number of ether oxygens (including phenoxy) is 2. The molecule has 2 aromatic rings. The third-order valence-electron chi connectivity index (χ3n) is 3.71. The van der Waals surface area contributed by atoms with Crippen LogP contribution < -0.4 is 4.74 Å². The van der Waals surface area contributed by atoms with E-state index < -0.39 is 12.1 Å². The first kappa shape index (κ1) is 15.7. The summed E-state index contributed by atoms with van der Waals surface area (Å²) in [5.74, 6) is 0.215. The van der Waals surface area contributed by atoms with Gasteiger partial charge in [0.2, 0.25) is 0 Å². The molecule has 1 atom stereocenters. The van der Waals surface area contributed by atoms with Crippen molar-refractivity contribution in [1.29, 1.82) is 0 Å². The first-order valence-corrected chi connectivity index (χ1v) is 8.50. The highest BCUT2D eigenvalue weighted by molar-refractivity contribution is 7.07. The van der Waals surface area contributed by atoms with Gasteiger partial charge in [0.25, 0.3) is 0 Å². The van der Waals surface area contributed by atoms with Gasteiger partial charge in [-0.1, -0.05) is 0 Å². The summed E-state index contributed by atoms with van der Waals surface area (Å²) in [6.07, 6.45) is 2.35. The average molecular weight is 331 g/mol. The molecule has 5 nitrogen and oxygen atoms in total. The molecule has 1 aliphatic rings. The second-order valence-electron chi connectivity index (χ2n) is 5.40. The van der Waals surface area contributed by atoms with E-state index in [2.05, 4.69) is 4.98 Å². The van der Waals surface area contributed by atoms with Crippen LogP contribution in [-0.4, -0.2) is 22.8 Å². The van der Waals surface area contributed by atoms with Crippen LogP contribution >= 0.6 is 11.3 Å². The summed E-state index contributed by atoms with van der Waals surface area (Å²) in [5, 5.41) is 1.92. The van der Waals surface area contributed by atoms with E-state index in [0.717, 1.165) is 18.5 Å². The zero-order valence-corrected chi connectivity index (χ0v) is 13.4. The molecule has 3 rings (SSSR count). The van der Waals surface area contributed by atoms with Crippen LogP contribution in [0.5, 0.6) is 5.75 Å². The Bertz CT molecular complexity index is 666. The summed E-state index contributed by atoms with van der Waals surface area (Å²) in [7, 11) is 0. The zero-order valence-electron chi connectivity index (χ0n) is 12.6. The number of carbonyl (C=O) groups excluding carboxylic acids is 2. The monoisotopic (exact) mass is 331 g/mol. The Morgan fingerprint density at radius 2 is 2.09 bits per heavy atom. The molecule has 0 N–H and O–H groups in total. The van der Waals surface area contributed by atoms with Crippen molar-refractivity contribution in [3.8, 4) is 5.75 Å². The van der Waals surface area contributed by atoms with Crippen LogP contribution in [-0.2, 0) is 16.1 Å². The van der Waals surface area contributed by atoms with Crippen molar-refractivity contribution in [1.82, 2.24) is 4.98 Å². The molecule has 1 aromatic heterocycles. The Labute approximate surface area is 138 Å². The van der Waals surface area contributed by atoms with E-state index in [1.165, 1.54) is 11.3 Å². The van der Waals surface area contributed by atoms with Gasteiger partial charge in [0.15, 0.2) is 11.9 Å². The van der Waals surface area contributed by atoms with Gasteiger partial charge in [0.05, 0.1) is 16.8 Å². The first-order valence-electron chi connectivity index (χ1n) is 7.56. The van der Waals surface area contributed by atoms with Crippen molar-refractivity contribution in [3.63, 3.8) is 0 Å². The van der Waals surface area contributed by atoms with E-state index in [-0.39, 0.29) is 5.78 Å². The Kier molecular flexibility index (Phi) is 5.02. The van der Waals surface area contributed by atoms with Gasteiger partial charge in [0, 0.05) is 11.8 Å². The number of hydrogen-bond acceptors (Lipinski definition) is 6. The summed E-state index contributed by atoms with van der Waals surface area (Å²) < 4.78 is 10.9. The number of carbonyl (C=O) groups is 2. The maximum Gasteiger partial charge on any atom is 0.338 e. The van der Waals surface area contributed by atoms with Crippen LogP contribution in [0.3, 0.4) is 0 Å². The second kappa shape index (κ2) is 7.37. The predicted molar refractivity (Wildman–Crippen MR) is 85.6 cm³/mol.